The molecular weight excluding hydrogens is 543 g/mol. The van der Waals surface area contributed by atoms with Crippen LogP contribution in [-0.4, -0.2) is 23.1 Å². The molecule has 1 aliphatic heterocycles. The smallest absolute Gasteiger partial charge is 0.224 e. The van der Waals surface area contributed by atoms with Crippen LogP contribution in [0.4, 0.5) is 11.4 Å². The van der Waals surface area contributed by atoms with Crippen LogP contribution in [0.2, 0.25) is 10.0 Å². The minimum Gasteiger partial charge on any atom is -0.494 e. The van der Waals surface area contributed by atoms with Gasteiger partial charge in [0.15, 0.2) is 5.11 Å². The summed E-state index contributed by atoms with van der Waals surface area (Å²) in [6, 6.07) is 19.8. The van der Waals surface area contributed by atoms with Crippen molar-refractivity contribution in [2.45, 2.75) is 25.4 Å². The number of pyridine rings is 1. The number of amides is 1. The summed E-state index contributed by atoms with van der Waals surface area (Å²) in [7, 11) is 1.56. The number of hydrogen-bond acceptors (Lipinski definition) is 5. The maximum atomic E-state index is 12.0. The fraction of sp³-hybridized carbons (Fsp3) is 0.179. The van der Waals surface area contributed by atoms with Crippen molar-refractivity contribution in [3.8, 4) is 17.1 Å². The third kappa shape index (κ3) is 4.95. The van der Waals surface area contributed by atoms with E-state index in [-0.39, 0.29) is 18.0 Å². The zero-order valence-electron chi connectivity index (χ0n) is 20.6. The Bertz CT molecular complexity index is 1490. The Balaban J connectivity index is 1.59. The van der Waals surface area contributed by atoms with Gasteiger partial charge in [0.2, 0.25) is 5.91 Å². The molecule has 38 heavy (non-hydrogen) atoms. The monoisotopic (exact) mass is 566 g/mol. The summed E-state index contributed by atoms with van der Waals surface area (Å²) in [6.07, 6.45) is 2.10. The number of thiocarbonyl (C=S) groups is 1. The lowest BCUT2D eigenvalue weighted by Crippen LogP contribution is -2.29. The van der Waals surface area contributed by atoms with Crippen LogP contribution in [0.3, 0.4) is 0 Å². The van der Waals surface area contributed by atoms with Crippen LogP contribution >= 0.6 is 35.4 Å². The molecule has 1 aliphatic rings. The average Bonchev–Trinajstić information content (AvgIpc) is 3.55. The second-order valence-electron chi connectivity index (χ2n) is 8.59. The Morgan fingerprint density at radius 3 is 2.74 bits per heavy atom. The van der Waals surface area contributed by atoms with E-state index in [0.29, 0.717) is 50.1 Å². The molecule has 2 N–H and O–H groups in total. The number of methoxy groups -OCH3 is 1. The summed E-state index contributed by atoms with van der Waals surface area (Å²) in [5, 5.41) is 7.64. The zero-order chi connectivity index (χ0) is 26.8. The molecule has 2 aromatic heterocycles. The Labute approximate surface area is 235 Å². The molecule has 2 aromatic carbocycles. The predicted molar refractivity (Wildman–Crippen MR) is 154 cm³/mol. The highest BCUT2D eigenvalue weighted by Gasteiger charge is 2.43. The number of carbonyl (C=O) groups excluding carboxylic acids is 1. The number of aromatic nitrogens is 1. The summed E-state index contributed by atoms with van der Waals surface area (Å²) < 4.78 is 12.0. The van der Waals surface area contributed by atoms with E-state index in [1.54, 1.807) is 32.4 Å². The SMILES string of the molecule is CCC(=O)Nc1ccc(N2C(=S)N[C@H](c3ccccn3)[C@H]2c2ccc(-c3cccc(Cl)c3Cl)o2)cc1OC. The van der Waals surface area contributed by atoms with Crippen LogP contribution in [-0.2, 0) is 4.79 Å². The van der Waals surface area contributed by atoms with Crippen molar-refractivity contribution in [3.05, 3.63) is 94.4 Å². The summed E-state index contributed by atoms with van der Waals surface area (Å²) in [6.45, 7) is 1.79. The van der Waals surface area contributed by atoms with Crippen molar-refractivity contribution < 1.29 is 13.9 Å². The summed E-state index contributed by atoms with van der Waals surface area (Å²) in [5.41, 5.74) is 2.84. The Kier molecular flexibility index (Phi) is 7.56. The predicted octanol–water partition coefficient (Wildman–Crippen LogP) is 7.18. The number of anilines is 2. The van der Waals surface area contributed by atoms with Gasteiger partial charge in [-0.25, -0.2) is 0 Å². The number of nitrogens with zero attached hydrogens (tertiary/aromatic N) is 2. The number of carbonyl (C=O) groups is 1. The largest absolute Gasteiger partial charge is 0.494 e. The molecule has 1 amide bonds. The number of nitrogens with one attached hydrogen (secondary N) is 2. The molecule has 1 fully saturated rings. The fourth-order valence-electron chi connectivity index (χ4n) is 4.44. The van der Waals surface area contributed by atoms with Crippen LogP contribution in [0, 0.1) is 0 Å². The van der Waals surface area contributed by atoms with Crippen molar-refractivity contribution in [2.24, 2.45) is 0 Å². The molecule has 4 aromatic rings. The van der Waals surface area contributed by atoms with Gasteiger partial charge in [-0.2, -0.15) is 0 Å². The zero-order valence-corrected chi connectivity index (χ0v) is 22.9. The number of furan rings is 1. The van der Waals surface area contributed by atoms with E-state index < -0.39 is 0 Å². The molecule has 7 nitrogen and oxygen atoms in total. The minimum absolute atomic E-state index is 0.106. The van der Waals surface area contributed by atoms with Gasteiger partial charge in [-0.05, 0) is 60.7 Å². The maximum absolute atomic E-state index is 12.0. The summed E-state index contributed by atoms with van der Waals surface area (Å²) >= 11 is 18.5. The summed E-state index contributed by atoms with van der Waals surface area (Å²) in [4.78, 5) is 18.5. The Morgan fingerprint density at radius 2 is 2.00 bits per heavy atom. The molecule has 0 aliphatic carbocycles. The van der Waals surface area contributed by atoms with Gasteiger partial charge < -0.3 is 24.7 Å². The van der Waals surface area contributed by atoms with Crippen molar-refractivity contribution in [1.29, 1.82) is 0 Å². The molecule has 5 rings (SSSR count). The summed E-state index contributed by atoms with van der Waals surface area (Å²) in [5.74, 6) is 1.64. The molecule has 10 heteroatoms. The van der Waals surface area contributed by atoms with Crippen molar-refractivity contribution in [3.63, 3.8) is 0 Å². The molecule has 0 radical (unpaired) electrons. The lowest BCUT2D eigenvalue weighted by atomic mass is 10.0. The molecule has 0 spiro atoms. The first-order chi connectivity index (χ1) is 18.4. The van der Waals surface area contributed by atoms with Crippen LogP contribution in [0.1, 0.15) is 36.9 Å². The molecule has 1 saturated heterocycles. The number of hydrogen-bond donors (Lipinski definition) is 2. The lowest BCUT2D eigenvalue weighted by Gasteiger charge is -2.27. The standard InChI is InChI=1S/C28H24Cl2N4O3S/c1-3-24(35)32-19-11-10-16(15-23(19)36-2)34-27(26(33-28(34)38)20-9-4-5-14-31-20)22-13-12-21(37-22)17-7-6-8-18(29)25(17)30/h4-15,26-27H,3H2,1-2H3,(H,32,35)(H,33,38)/t26-,27-/m1/s1. The van der Waals surface area contributed by atoms with Gasteiger partial charge >= 0.3 is 0 Å². The third-order valence-corrected chi connectivity index (χ3v) is 7.43. The molecular formula is C28H24Cl2N4O3S. The highest BCUT2D eigenvalue weighted by molar-refractivity contribution is 7.80. The molecule has 3 heterocycles. The van der Waals surface area contributed by atoms with Gasteiger partial charge in [0.05, 0.1) is 34.6 Å². The molecule has 0 unspecified atom stereocenters. The first-order valence-corrected chi connectivity index (χ1v) is 13.1. The van der Waals surface area contributed by atoms with E-state index in [1.165, 1.54) is 0 Å². The Hall–Kier alpha value is -3.59. The van der Waals surface area contributed by atoms with Crippen LogP contribution in [0.15, 0.2) is 77.3 Å². The fourth-order valence-corrected chi connectivity index (χ4v) is 5.18. The van der Waals surface area contributed by atoms with Crippen LogP contribution in [0.5, 0.6) is 5.75 Å². The number of benzene rings is 2. The number of rotatable bonds is 7. The van der Waals surface area contributed by atoms with E-state index in [2.05, 4.69) is 15.6 Å². The van der Waals surface area contributed by atoms with Gasteiger partial charge in [-0.15, -0.1) is 0 Å². The van der Waals surface area contributed by atoms with Crippen LogP contribution in [0.25, 0.3) is 11.3 Å². The van der Waals surface area contributed by atoms with Gasteiger partial charge in [0.25, 0.3) is 0 Å². The van der Waals surface area contributed by atoms with Gasteiger partial charge in [-0.3, -0.25) is 9.78 Å². The second-order valence-corrected chi connectivity index (χ2v) is 9.76. The van der Waals surface area contributed by atoms with Gasteiger partial charge in [0.1, 0.15) is 23.3 Å². The molecule has 0 saturated carbocycles. The van der Waals surface area contributed by atoms with Crippen molar-refractivity contribution in [2.75, 3.05) is 17.3 Å². The van der Waals surface area contributed by atoms with Gasteiger partial charge in [-0.1, -0.05) is 42.3 Å². The van der Waals surface area contributed by atoms with E-state index in [0.717, 1.165) is 11.4 Å². The average molecular weight is 567 g/mol. The topological polar surface area (TPSA) is 79.6 Å². The van der Waals surface area contributed by atoms with E-state index in [1.807, 2.05) is 59.5 Å². The third-order valence-electron chi connectivity index (χ3n) is 6.29. The normalized spacial score (nSPS) is 16.8. The first kappa shape index (κ1) is 26.0. The van der Waals surface area contributed by atoms with E-state index >= 15 is 0 Å². The van der Waals surface area contributed by atoms with E-state index in [4.69, 9.17) is 44.6 Å². The Morgan fingerprint density at radius 1 is 1.16 bits per heavy atom. The molecule has 194 valence electrons. The molecule has 0 bridgehead atoms. The highest BCUT2D eigenvalue weighted by atomic mass is 35.5. The van der Waals surface area contributed by atoms with Crippen molar-refractivity contribution >= 4 is 57.8 Å². The van der Waals surface area contributed by atoms with E-state index in [9.17, 15) is 4.79 Å². The number of halogens is 2. The number of ether oxygens (including phenoxy) is 1. The van der Waals surface area contributed by atoms with Gasteiger partial charge in [0, 0.05) is 29.9 Å². The minimum atomic E-state index is -0.384. The maximum Gasteiger partial charge on any atom is 0.224 e. The lowest BCUT2D eigenvalue weighted by molar-refractivity contribution is -0.115. The van der Waals surface area contributed by atoms with Crippen molar-refractivity contribution in [1.82, 2.24) is 10.3 Å². The molecule has 2 atom stereocenters. The quantitative estimate of drug-likeness (QED) is 0.229. The van der Waals surface area contributed by atoms with Crippen LogP contribution < -0.4 is 20.3 Å². The first-order valence-electron chi connectivity index (χ1n) is 11.9. The highest BCUT2D eigenvalue weighted by Crippen LogP contribution is 2.45. The second kappa shape index (κ2) is 11.0.